The molecule has 2 heterocycles. The van der Waals surface area contributed by atoms with Gasteiger partial charge in [0.25, 0.3) is 5.91 Å². The highest BCUT2D eigenvalue weighted by atomic mass is 35.5. The summed E-state index contributed by atoms with van der Waals surface area (Å²) in [6, 6.07) is 8.44. The lowest BCUT2D eigenvalue weighted by molar-refractivity contribution is -0.119. The SMILES string of the molecule is CCOc1ccc2nc(NC(=O)COC(=O)c3ccc(Cl)nc3)sc2c1. The highest BCUT2D eigenvalue weighted by molar-refractivity contribution is 7.22. The van der Waals surface area contributed by atoms with Crippen LogP contribution in [0, 0.1) is 0 Å². The van der Waals surface area contributed by atoms with Gasteiger partial charge >= 0.3 is 5.97 Å². The molecule has 0 aliphatic carbocycles. The monoisotopic (exact) mass is 391 g/mol. The van der Waals surface area contributed by atoms with E-state index in [0.717, 1.165) is 16.0 Å². The van der Waals surface area contributed by atoms with E-state index in [1.54, 1.807) is 0 Å². The topological polar surface area (TPSA) is 90.4 Å². The largest absolute Gasteiger partial charge is 0.494 e. The summed E-state index contributed by atoms with van der Waals surface area (Å²) in [5.74, 6) is -0.397. The maximum atomic E-state index is 12.0. The smallest absolute Gasteiger partial charge is 0.340 e. The zero-order valence-electron chi connectivity index (χ0n) is 13.7. The molecule has 2 aromatic heterocycles. The van der Waals surface area contributed by atoms with Gasteiger partial charge in [-0.3, -0.25) is 10.1 Å². The maximum absolute atomic E-state index is 12.0. The zero-order valence-corrected chi connectivity index (χ0v) is 15.3. The van der Waals surface area contributed by atoms with E-state index in [-0.39, 0.29) is 10.7 Å². The van der Waals surface area contributed by atoms with Gasteiger partial charge in [0, 0.05) is 6.20 Å². The van der Waals surface area contributed by atoms with Gasteiger partial charge in [0.05, 0.1) is 22.4 Å². The van der Waals surface area contributed by atoms with E-state index in [1.165, 1.54) is 29.7 Å². The van der Waals surface area contributed by atoms with Gasteiger partial charge in [-0.2, -0.15) is 0 Å². The van der Waals surface area contributed by atoms with Gasteiger partial charge in [-0.15, -0.1) is 0 Å². The van der Waals surface area contributed by atoms with E-state index in [2.05, 4.69) is 15.3 Å². The van der Waals surface area contributed by atoms with Crippen LogP contribution in [0.3, 0.4) is 0 Å². The van der Waals surface area contributed by atoms with Crippen LogP contribution in [0.1, 0.15) is 17.3 Å². The number of hydrogen-bond donors (Lipinski definition) is 1. The standard InChI is InChI=1S/C17H14ClN3O4S/c1-2-24-11-4-5-12-13(7-11)26-17(20-12)21-15(22)9-25-16(23)10-3-6-14(18)19-8-10/h3-8H,2,9H2,1H3,(H,20,21,22). The molecular weight excluding hydrogens is 378 g/mol. The second kappa shape index (κ2) is 8.11. The Balaban J connectivity index is 1.58. The van der Waals surface area contributed by atoms with E-state index < -0.39 is 18.5 Å². The molecule has 0 saturated carbocycles. The number of hydrogen-bond acceptors (Lipinski definition) is 7. The molecule has 1 N–H and O–H groups in total. The van der Waals surface area contributed by atoms with Crippen LogP contribution < -0.4 is 10.1 Å². The Labute approximate surface area is 157 Å². The van der Waals surface area contributed by atoms with Gasteiger partial charge in [-0.1, -0.05) is 22.9 Å². The second-order valence-electron chi connectivity index (χ2n) is 5.08. The number of nitrogens with zero attached hydrogens (tertiary/aromatic N) is 2. The Bertz CT molecular complexity index is 943. The molecule has 0 radical (unpaired) electrons. The molecule has 0 unspecified atom stereocenters. The molecular formula is C17H14ClN3O4S. The first kappa shape index (κ1) is 18.1. The van der Waals surface area contributed by atoms with Gasteiger partial charge in [0.2, 0.25) is 0 Å². The molecule has 0 spiro atoms. The van der Waals surface area contributed by atoms with E-state index in [9.17, 15) is 9.59 Å². The fourth-order valence-electron chi connectivity index (χ4n) is 2.08. The normalized spacial score (nSPS) is 10.5. The Morgan fingerprint density at radius 3 is 2.85 bits per heavy atom. The molecule has 0 aliphatic rings. The van der Waals surface area contributed by atoms with Crippen LogP contribution in [-0.4, -0.2) is 35.1 Å². The quantitative estimate of drug-likeness (QED) is 0.510. The summed E-state index contributed by atoms with van der Waals surface area (Å²) in [5.41, 5.74) is 0.962. The third-order valence-electron chi connectivity index (χ3n) is 3.21. The first-order chi connectivity index (χ1) is 12.5. The third kappa shape index (κ3) is 4.47. The maximum Gasteiger partial charge on any atom is 0.340 e. The molecule has 26 heavy (non-hydrogen) atoms. The summed E-state index contributed by atoms with van der Waals surface area (Å²) in [4.78, 5) is 31.9. The van der Waals surface area contributed by atoms with Crippen molar-refractivity contribution < 1.29 is 19.1 Å². The number of amides is 1. The molecule has 1 amide bonds. The molecule has 3 rings (SSSR count). The van der Waals surface area contributed by atoms with Gasteiger partial charge in [0.15, 0.2) is 11.7 Å². The van der Waals surface area contributed by atoms with Crippen molar-refractivity contribution in [2.75, 3.05) is 18.5 Å². The minimum Gasteiger partial charge on any atom is -0.494 e. The highest BCUT2D eigenvalue weighted by Crippen LogP contribution is 2.29. The Morgan fingerprint density at radius 1 is 1.27 bits per heavy atom. The summed E-state index contributed by atoms with van der Waals surface area (Å²) >= 11 is 6.96. The van der Waals surface area contributed by atoms with Crippen molar-refractivity contribution in [2.45, 2.75) is 6.92 Å². The van der Waals surface area contributed by atoms with Crippen LogP contribution in [-0.2, 0) is 9.53 Å². The molecule has 0 bridgehead atoms. The number of carbonyl (C=O) groups excluding carboxylic acids is 2. The number of fused-ring (bicyclic) bond motifs is 1. The minimum absolute atomic E-state index is 0.214. The Morgan fingerprint density at radius 2 is 2.12 bits per heavy atom. The molecule has 0 aliphatic heterocycles. The van der Waals surface area contributed by atoms with Crippen LogP contribution >= 0.6 is 22.9 Å². The minimum atomic E-state index is -0.657. The van der Waals surface area contributed by atoms with Crippen LogP contribution in [0.4, 0.5) is 5.13 Å². The van der Waals surface area contributed by atoms with Crippen molar-refractivity contribution in [2.24, 2.45) is 0 Å². The summed E-state index contributed by atoms with van der Waals surface area (Å²) in [7, 11) is 0. The number of thiazole rings is 1. The van der Waals surface area contributed by atoms with E-state index in [1.807, 2.05) is 25.1 Å². The number of rotatable bonds is 6. The number of benzene rings is 1. The number of aromatic nitrogens is 2. The average Bonchev–Trinajstić information content (AvgIpc) is 3.02. The van der Waals surface area contributed by atoms with Crippen molar-refractivity contribution in [3.8, 4) is 5.75 Å². The van der Waals surface area contributed by atoms with Crippen molar-refractivity contribution in [3.05, 3.63) is 47.2 Å². The number of esters is 1. The zero-order chi connectivity index (χ0) is 18.5. The molecule has 134 valence electrons. The number of anilines is 1. The lowest BCUT2D eigenvalue weighted by atomic mass is 10.3. The Kier molecular flexibility index (Phi) is 5.65. The first-order valence-corrected chi connectivity index (χ1v) is 8.86. The number of halogens is 1. The van der Waals surface area contributed by atoms with Crippen molar-refractivity contribution in [1.29, 1.82) is 0 Å². The fraction of sp³-hybridized carbons (Fsp3) is 0.176. The van der Waals surface area contributed by atoms with Gasteiger partial charge < -0.3 is 9.47 Å². The van der Waals surface area contributed by atoms with Crippen molar-refractivity contribution in [3.63, 3.8) is 0 Å². The van der Waals surface area contributed by atoms with E-state index in [4.69, 9.17) is 21.1 Å². The van der Waals surface area contributed by atoms with E-state index in [0.29, 0.717) is 11.7 Å². The molecule has 9 heteroatoms. The fourth-order valence-corrected chi connectivity index (χ4v) is 3.10. The lowest BCUT2D eigenvalue weighted by Crippen LogP contribution is -2.20. The van der Waals surface area contributed by atoms with E-state index >= 15 is 0 Å². The van der Waals surface area contributed by atoms with Crippen LogP contribution in [0.2, 0.25) is 5.15 Å². The van der Waals surface area contributed by atoms with Crippen molar-refractivity contribution >= 4 is 50.2 Å². The highest BCUT2D eigenvalue weighted by Gasteiger charge is 2.13. The number of carbonyl (C=O) groups is 2. The number of pyridine rings is 1. The predicted octanol–water partition coefficient (Wildman–Crippen LogP) is 3.54. The summed E-state index contributed by atoms with van der Waals surface area (Å²) < 4.78 is 11.3. The lowest BCUT2D eigenvalue weighted by Gasteiger charge is -2.04. The summed E-state index contributed by atoms with van der Waals surface area (Å²) in [6.45, 7) is 2.05. The first-order valence-electron chi connectivity index (χ1n) is 7.67. The Hall–Kier alpha value is -2.71. The third-order valence-corrected chi connectivity index (χ3v) is 4.37. The second-order valence-corrected chi connectivity index (χ2v) is 6.49. The molecule has 0 fully saturated rings. The molecule has 1 aromatic carbocycles. The molecule has 0 saturated heterocycles. The number of nitrogens with one attached hydrogen (secondary N) is 1. The average molecular weight is 392 g/mol. The van der Waals surface area contributed by atoms with Gasteiger partial charge in [-0.25, -0.2) is 14.8 Å². The molecule has 3 aromatic rings. The van der Waals surface area contributed by atoms with Gasteiger partial charge in [0.1, 0.15) is 10.9 Å². The van der Waals surface area contributed by atoms with Crippen LogP contribution in [0.25, 0.3) is 10.2 Å². The summed E-state index contributed by atoms with van der Waals surface area (Å²) in [6.07, 6.45) is 1.28. The molecule has 7 nitrogen and oxygen atoms in total. The van der Waals surface area contributed by atoms with Crippen molar-refractivity contribution in [1.82, 2.24) is 9.97 Å². The summed E-state index contributed by atoms with van der Waals surface area (Å²) in [5, 5.41) is 3.30. The van der Waals surface area contributed by atoms with Gasteiger partial charge in [-0.05, 0) is 37.3 Å². The molecule has 0 atom stereocenters. The van der Waals surface area contributed by atoms with Crippen LogP contribution in [0.5, 0.6) is 5.75 Å². The number of ether oxygens (including phenoxy) is 2. The van der Waals surface area contributed by atoms with Crippen LogP contribution in [0.15, 0.2) is 36.5 Å². The predicted molar refractivity (Wildman–Crippen MR) is 98.9 cm³/mol.